The minimum atomic E-state index is -2.63. The average Bonchev–Trinajstić information content (AvgIpc) is 3.20. The number of nitrogens with two attached hydrogens (primary N) is 1. The Morgan fingerprint density at radius 1 is 0.667 bits per heavy atom. The molecule has 2 aromatic carbocycles. The number of rotatable bonds is 10. The van der Waals surface area contributed by atoms with Gasteiger partial charge in [0.05, 0.1) is 10.0 Å². The van der Waals surface area contributed by atoms with Gasteiger partial charge in [-0.25, -0.2) is 36.3 Å². The molecule has 2 aliphatic heterocycles. The molecular weight excluding hydrogens is 949 g/mol. The van der Waals surface area contributed by atoms with Crippen molar-refractivity contribution in [1.82, 2.24) is 25.9 Å². The maximum Gasteiger partial charge on any atom is 0.263 e. The first-order chi connectivity index (χ1) is 30.2. The van der Waals surface area contributed by atoms with Crippen LogP contribution in [0.25, 0.3) is 0 Å². The number of primary amides is 1. The van der Waals surface area contributed by atoms with Crippen molar-refractivity contribution in [3.63, 3.8) is 0 Å². The Balaban J connectivity index is 0.000000240. The number of carbonyl (C=O) groups is 6. The summed E-state index contributed by atoms with van der Waals surface area (Å²) in [5, 5.41) is -0.574. The molecule has 4 heterocycles. The Hall–Kier alpha value is -5.87. The van der Waals surface area contributed by atoms with E-state index in [2.05, 4.69) is 9.97 Å². The molecule has 4 aliphatic rings. The third-order valence-corrected chi connectivity index (χ3v) is 12.5. The number of nitrogens with zero attached hydrogens (tertiary/aromatic N) is 6. The smallest absolute Gasteiger partial charge is 0.263 e. The summed E-state index contributed by atoms with van der Waals surface area (Å²) in [6.45, 7) is -1.02. The number of benzene rings is 2. The average molecular weight is 988 g/mol. The van der Waals surface area contributed by atoms with E-state index < -0.39 is 95.3 Å². The fourth-order valence-electron chi connectivity index (χ4n) is 8.39. The highest BCUT2D eigenvalue weighted by Gasteiger charge is 2.63. The van der Waals surface area contributed by atoms with Gasteiger partial charge in [0.15, 0.2) is 23.3 Å². The summed E-state index contributed by atoms with van der Waals surface area (Å²) in [6.07, 6.45) is -3.04. The molecule has 352 valence electrons. The third kappa shape index (κ3) is 9.66. The van der Waals surface area contributed by atoms with E-state index in [9.17, 15) is 55.1 Å². The summed E-state index contributed by atoms with van der Waals surface area (Å²) in [7, 11) is 0. The third-order valence-electron chi connectivity index (χ3n) is 11.8. The van der Waals surface area contributed by atoms with Crippen molar-refractivity contribution in [2.75, 3.05) is 22.9 Å². The summed E-state index contributed by atoms with van der Waals surface area (Å²) >= 11 is 17.1. The van der Waals surface area contributed by atoms with Gasteiger partial charge >= 0.3 is 0 Å². The van der Waals surface area contributed by atoms with Crippen LogP contribution in [0.3, 0.4) is 0 Å². The molecule has 0 atom stereocenters. The second kappa shape index (κ2) is 19.9. The maximum absolute atomic E-state index is 14.5. The summed E-state index contributed by atoms with van der Waals surface area (Å²) in [5.41, 5.74) is 3.26. The number of pyridine rings is 2. The fraction of sp³-hybridized carbons (Fsp3) is 0.333. The van der Waals surface area contributed by atoms with Crippen LogP contribution in [0, 0.1) is 23.5 Å². The number of amides is 5. The fourth-order valence-corrected chi connectivity index (χ4v) is 8.84. The molecule has 8 rings (SSSR count). The standard InChI is InChI=1S/C21H16Cl2F3N3O3.C21H18ClF3N4O3.H3N.H2O/c22-14-5-15(24)19(27-8-14)28-10-16(30)29(9-11-1-3-12(4-2-11)18(25)26)21(20(28)32)6-13(7-21)17(23)31;22-14-5-15(23)19(27-8-14)28-10-16(30)29(9-11-1-3-12(4-2-11)17(24)25)21(20(28)32)6-13(7-21)18(26)31;;/h1-5,8,13,18H,6-7,9-10H2;1-5,8,13,17H,6-7,9-10H2,(H2,26,31);1H3;1H2. The summed E-state index contributed by atoms with van der Waals surface area (Å²) in [4.78, 5) is 88.6. The molecule has 0 bridgehead atoms. The molecular formula is C42H39Cl3F6N8O7. The minimum Gasteiger partial charge on any atom is -0.412 e. The van der Waals surface area contributed by atoms with E-state index in [4.69, 9.17) is 40.5 Å². The number of alkyl halides is 4. The van der Waals surface area contributed by atoms with Gasteiger partial charge in [0, 0.05) is 48.4 Å². The number of hydrogen-bond donors (Lipinski definition) is 2. The first-order valence-electron chi connectivity index (χ1n) is 19.3. The largest absolute Gasteiger partial charge is 0.412 e. The minimum absolute atomic E-state index is 0. The Kier molecular flexibility index (Phi) is 15.4. The van der Waals surface area contributed by atoms with Crippen LogP contribution in [0.1, 0.15) is 60.8 Å². The van der Waals surface area contributed by atoms with Gasteiger partial charge in [-0.15, -0.1) is 0 Å². The molecule has 4 fully saturated rings. The lowest BCUT2D eigenvalue weighted by Gasteiger charge is -2.56. The van der Waals surface area contributed by atoms with E-state index in [-0.39, 0.29) is 83.2 Å². The molecule has 24 heteroatoms. The van der Waals surface area contributed by atoms with E-state index in [1.54, 1.807) is 0 Å². The van der Waals surface area contributed by atoms with Crippen molar-refractivity contribution in [3.8, 4) is 0 Å². The summed E-state index contributed by atoms with van der Waals surface area (Å²) in [5.74, 6) is -6.46. The first-order valence-corrected chi connectivity index (χ1v) is 20.5. The van der Waals surface area contributed by atoms with E-state index >= 15 is 0 Å². The molecule has 0 radical (unpaired) electrons. The monoisotopic (exact) mass is 986 g/mol. The lowest BCUT2D eigenvalue weighted by molar-refractivity contribution is -0.164. The molecule has 2 saturated heterocycles. The zero-order valence-electron chi connectivity index (χ0n) is 34.2. The van der Waals surface area contributed by atoms with Gasteiger partial charge in [-0.1, -0.05) is 71.7 Å². The zero-order valence-corrected chi connectivity index (χ0v) is 36.5. The molecule has 7 N–H and O–H groups in total. The Morgan fingerprint density at radius 2 is 1.02 bits per heavy atom. The number of halogens is 9. The van der Waals surface area contributed by atoms with Gasteiger partial charge in [-0.3, -0.25) is 38.6 Å². The highest BCUT2D eigenvalue weighted by molar-refractivity contribution is 6.64. The topological polar surface area (TPSA) is 234 Å². The van der Waals surface area contributed by atoms with Gasteiger partial charge in [-0.2, -0.15) is 0 Å². The number of piperazine rings is 2. The summed E-state index contributed by atoms with van der Waals surface area (Å²) < 4.78 is 80.3. The van der Waals surface area contributed by atoms with Gasteiger partial charge in [-0.05, 0) is 60.5 Å². The second-order valence-electron chi connectivity index (χ2n) is 15.7. The maximum atomic E-state index is 14.5. The number of aromatic nitrogens is 2. The highest BCUT2D eigenvalue weighted by atomic mass is 35.5. The van der Waals surface area contributed by atoms with Crippen molar-refractivity contribution in [3.05, 3.63) is 117 Å². The number of anilines is 2. The van der Waals surface area contributed by atoms with Crippen molar-refractivity contribution in [2.45, 2.75) is 62.7 Å². The SMILES string of the molecule is N.NC(=O)C1CC2(C1)C(=O)N(c1ncc(Cl)cc1F)CC(=O)N2Cc1ccc(C(F)F)cc1.O.O=C(Cl)C1CC2(C1)C(=O)N(c1ncc(Cl)cc1F)CC(=O)N2Cc1ccc(C(F)F)cc1. The van der Waals surface area contributed by atoms with Crippen LogP contribution in [0.4, 0.5) is 38.0 Å². The number of hydrogen-bond acceptors (Lipinski definition) is 9. The predicted molar refractivity (Wildman–Crippen MR) is 227 cm³/mol. The van der Waals surface area contributed by atoms with Crippen LogP contribution in [-0.4, -0.2) is 84.2 Å². The molecule has 15 nitrogen and oxygen atoms in total. The van der Waals surface area contributed by atoms with Crippen molar-refractivity contribution in [1.29, 1.82) is 0 Å². The van der Waals surface area contributed by atoms with E-state index in [0.717, 1.165) is 34.3 Å². The van der Waals surface area contributed by atoms with Crippen LogP contribution >= 0.6 is 34.8 Å². The van der Waals surface area contributed by atoms with Crippen LogP contribution in [0.15, 0.2) is 73.1 Å². The van der Waals surface area contributed by atoms with Crippen LogP contribution < -0.4 is 21.7 Å². The summed E-state index contributed by atoms with van der Waals surface area (Å²) in [6, 6.07) is 12.7. The Labute approximate surface area is 386 Å². The molecule has 2 aliphatic carbocycles. The second-order valence-corrected chi connectivity index (χ2v) is 17.0. The first kappa shape index (κ1) is 51.1. The molecule has 4 aromatic rings. The molecule has 5 amide bonds. The van der Waals surface area contributed by atoms with E-state index in [1.807, 2.05) is 0 Å². The van der Waals surface area contributed by atoms with Gasteiger partial charge < -0.3 is 27.2 Å². The van der Waals surface area contributed by atoms with Crippen molar-refractivity contribution >= 4 is 81.2 Å². The van der Waals surface area contributed by atoms with Gasteiger partial charge in [0.1, 0.15) is 24.2 Å². The van der Waals surface area contributed by atoms with Crippen LogP contribution in [0.5, 0.6) is 0 Å². The quantitative estimate of drug-likeness (QED) is 0.135. The van der Waals surface area contributed by atoms with Crippen molar-refractivity contribution in [2.24, 2.45) is 17.6 Å². The van der Waals surface area contributed by atoms with E-state index in [0.29, 0.717) is 11.1 Å². The highest BCUT2D eigenvalue weighted by Crippen LogP contribution is 2.49. The van der Waals surface area contributed by atoms with Gasteiger partial charge in [0.2, 0.25) is 23.0 Å². The van der Waals surface area contributed by atoms with Crippen molar-refractivity contribution < 1.29 is 60.6 Å². The molecule has 2 saturated carbocycles. The van der Waals surface area contributed by atoms with Crippen LogP contribution in [-0.2, 0) is 41.9 Å². The predicted octanol–water partition coefficient (Wildman–Crippen LogP) is 6.26. The molecule has 66 heavy (non-hydrogen) atoms. The normalized spacial score (nSPS) is 22.4. The lowest BCUT2D eigenvalue weighted by atomic mass is 9.65. The molecule has 0 unspecified atom stereocenters. The zero-order chi connectivity index (χ0) is 46.4. The van der Waals surface area contributed by atoms with Gasteiger partial charge in [0.25, 0.3) is 24.7 Å². The number of carbonyl (C=O) groups excluding carboxylic acids is 6. The van der Waals surface area contributed by atoms with Crippen LogP contribution in [0.2, 0.25) is 10.0 Å². The van der Waals surface area contributed by atoms with E-state index in [1.165, 1.54) is 58.3 Å². The Morgan fingerprint density at radius 3 is 1.32 bits per heavy atom. The Bertz CT molecular complexity index is 2360. The molecule has 2 spiro atoms. The lowest BCUT2D eigenvalue weighted by Crippen LogP contribution is -2.73. The molecule has 2 aromatic heterocycles.